The highest BCUT2D eigenvalue weighted by atomic mass is 32.2. The largest absolute Gasteiger partial charge is 0.484 e. The molecule has 3 aromatic rings. The Bertz CT molecular complexity index is 1310. The predicted octanol–water partition coefficient (Wildman–Crippen LogP) is 5.56. The van der Waals surface area contributed by atoms with Gasteiger partial charge in [-0.1, -0.05) is 30.3 Å². The average Bonchev–Trinajstić information content (AvgIpc) is 2.82. The number of nitrogens with zero attached hydrogens (tertiary/aromatic N) is 1. The zero-order chi connectivity index (χ0) is 27.4. The molecular formula is C24H20F6N2O4S. The van der Waals surface area contributed by atoms with Crippen LogP contribution in [0.1, 0.15) is 16.7 Å². The third-order valence-electron chi connectivity index (χ3n) is 5.02. The van der Waals surface area contributed by atoms with Crippen molar-refractivity contribution >= 4 is 21.6 Å². The maximum Gasteiger partial charge on any atom is 0.416 e. The van der Waals surface area contributed by atoms with Gasteiger partial charge in [-0.25, -0.2) is 8.42 Å². The summed E-state index contributed by atoms with van der Waals surface area (Å²) in [7, 11) is -2.43. The Morgan fingerprint density at radius 3 is 1.92 bits per heavy atom. The minimum atomic E-state index is -5.06. The van der Waals surface area contributed by atoms with Crippen molar-refractivity contribution in [2.45, 2.75) is 23.8 Å². The fourth-order valence-electron chi connectivity index (χ4n) is 3.19. The lowest BCUT2D eigenvalue weighted by molar-refractivity contribution is -0.143. The van der Waals surface area contributed by atoms with Crippen molar-refractivity contribution < 1.29 is 44.3 Å². The molecule has 0 atom stereocenters. The van der Waals surface area contributed by atoms with E-state index in [4.69, 9.17) is 4.74 Å². The first-order valence-corrected chi connectivity index (χ1v) is 11.9. The Balaban J connectivity index is 1.64. The molecular weight excluding hydrogens is 526 g/mol. The lowest BCUT2D eigenvalue weighted by atomic mass is 10.1. The number of hydrogen-bond acceptors (Lipinski definition) is 4. The monoisotopic (exact) mass is 546 g/mol. The van der Waals surface area contributed by atoms with Gasteiger partial charge in [0.25, 0.3) is 5.91 Å². The van der Waals surface area contributed by atoms with Crippen LogP contribution in [-0.4, -0.2) is 32.3 Å². The van der Waals surface area contributed by atoms with Crippen LogP contribution in [0.4, 0.5) is 32.0 Å². The summed E-state index contributed by atoms with van der Waals surface area (Å²) in [5.41, 5.74) is -3.08. The topological polar surface area (TPSA) is 75.7 Å². The van der Waals surface area contributed by atoms with E-state index in [0.29, 0.717) is 12.1 Å². The van der Waals surface area contributed by atoms with E-state index in [1.165, 1.54) is 31.3 Å². The molecule has 13 heteroatoms. The average molecular weight is 546 g/mol. The van der Waals surface area contributed by atoms with E-state index in [1.54, 1.807) is 30.3 Å². The molecule has 6 nitrogen and oxygen atoms in total. The molecule has 0 aliphatic carbocycles. The maximum atomic E-state index is 13.0. The van der Waals surface area contributed by atoms with E-state index < -0.39 is 51.7 Å². The summed E-state index contributed by atoms with van der Waals surface area (Å²) in [6.45, 7) is -0.620. The van der Waals surface area contributed by atoms with Crippen molar-refractivity contribution in [3.8, 4) is 5.75 Å². The third kappa shape index (κ3) is 7.46. The smallest absolute Gasteiger partial charge is 0.416 e. The Morgan fingerprint density at radius 2 is 1.41 bits per heavy atom. The highest BCUT2D eigenvalue weighted by molar-refractivity contribution is 7.89. The lowest BCUT2D eigenvalue weighted by Gasteiger charge is -2.17. The fraction of sp³-hybridized carbons (Fsp3) is 0.208. The van der Waals surface area contributed by atoms with Crippen molar-refractivity contribution in [3.63, 3.8) is 0 Å². The number of carbonyl (C=O) groups excluding carboxylic acids is 1. The van der Waals surface area contributed by atoms with Gasteiger partial charge >= 0.3 is 12.4 Å². The first-order valence-electron chi connectivity index (χ1n) is 10.5. The second kappa shape index (κ2) is 10.8. The van der Waals surface area contributed by atoms with E-state index >= 15 is 0 Å². The van der Waals surface area contributed by atoms with Crippen LogP contribution in [0.2, 0.25) is 0 Å². The van der Waals surface area contributed by atoms with Crippen molar-refractivity contribution in [2.24, 2.45) is 0 Å². The van der Waals surface area contributed by atoms with Crippen LogP contribution in [-0.2, 0) is 33.7 Å². The molecule has 0 aliphatic heterocycles. The number of alkyl halides is 6. The molecule has 1 amide bonds. The summed E-state index contributed by atoms with van der Waals surface area (Å²) in [6.07, 6.45) is -10.1. The van der Waals surface area contributed by atoms with Gasteiger partial charge in [0, 0.05) is 19.3 Å². The molecule has 37 heavy (non-hydrogen) atoms. The zero-order valence-electron chi connectivity index (χ0n) is 19.1. The van der Waals surface area contributed by atoms with Gasteiger partial charge in [-0.3, -0.25) is 4.79 Å². The van der Waals surface area contributed by atoms with Gasteiger partial charge < -0.3 is 10.1 Å². The fourth-order valence-corrected chi connectivity index (χ4v) is 4.35. The molecule has 0 unspecified atom stereocenters. The van der Waals surface area contributed by atoms with Crippen LogP contribution in [0, 0.1) is 0 Å². The molecule has 3 rings (SSSR count). The molecule has 0 spiro atoms. The molecule has 0 saturated carbocycles. The number of hydrogen-bond donors (Lipinski definition) is 1. The predicted molar refractivity (Wildman–Crippen MR) is 122 cm³/mol. The summed E-state index contributed by atoms with van der Waals surface area (Å²) >= 11 is 0. The first-order chi connectivity index (χ1) is 17.2. The van der Waals surface area contributed by atoms with Crippen LogP contribution in [0.5, 0.6) is 5.75 Å². The number of rotatable bonds is 8. The summed E-state index contributed by atoms with van der Waals surface area (Å²) in [5.74, 6) is -0.966. The first kappa shape index (κ1) is 28.0. The highest BCUT2D eigenvalue weighted by Crippen LogP contribution is 2.37. The van der Waals surface area contributed by atoms with Gasteiger partial charge in [-0.05, 0) is 48.0 Å². The molecule has 0 aliphatic rings. The van der Waals surface area contributed by atoms with Crippen molar-refractivity contribution in [1.82, 2.24) is 4.31 Å². The number of anilines is 1. The number of sulfonamides is 1. The van der Waals surface area contributed by atoms with Crippen molar-refractivity contribution in [2.75, 3.05) is 19.0 Å². The van der Waals surface area contributed by atoms with E-state index in [2.05, 4.69) is 0 Å². The van der Waals surface area contributed by atoms with Gasteiger partial charge in [0.15, 0.2) is 6.61 Å². The highest BCUT2D eigenvalue weighted by Gasteiger charge is 2.37. The molecule has 0 heterocycles. The number of halogens is 6. The molecule has 0 aromatic heterocycles. The number of benzene rings is 3. The Hall–Kier alpha value is -3.58. The van der Waals surface area contributed by atoms with Crippen molar-refractivity contribution in [1.29, 1.82) is 0 Å². The molecule has 3 aromatic carbocycles. The van der Waals surface area contributed by atoms with Gasteiger partial charge in [0.2, 0.25) is 10.0 Å². The summed E-state index contributed by atoms with van der Waals surface area (Å²) in [4.78, 5) is 12.0. The molecule has 198 valence electrons. The van der Waals surface area contributed by atoms with Crippen LogP contribution in [0.25, 0.3) is 0 Å². The van der Waals surface area contributed by atoms with Crippen LogP contribution < -0.4 is 10.1 Å². The molecule has 0 radical (unpaired) electrons. The number of nitrogens with one attached hydrogen (secondary N) is 1. The Kier molecular flexibility index (Phi) is 8.18. The number of amides is 1. The molecule has 0 fully saturated rings. The third-order valence-corrected chi connectivity index (χ3v) is 6.84. The molecule has 0 bridgehead atoms. The lowest BCUT2D eigenvalue weighted by Crippen LogP contribution is -2.26. The van der Waals surface area contributed by atoms with Crippen LogP contribution in [0.15, 0.2) is 77.7 Å². The minimum Gasteiger partial charge on any atom is -0.484 e. The quantitative estimate of drug-likeness (QED) is 0.376. The summed E-state index contributed by atoms with van der Waals surface area (Å²) in [6, 6.07) is 14.6. The normalized spacial score (nSPS) is 12.4. The van der Waals surface area contributed by atoms with Crippen LogP contribution >= 0.6 is 0 Å². The van der Waals surface area contributed by atoms with Gasteiger partial charge in [0.05, 0.1) is 16.0 Å². The second-order valence-corrected chi connectivity index (χ2v) is 9.89. The summed E-state index contributed by atoms with van der Waals surface area (Å²) in [5, 5.41) is 1.94. The van der Waals surface area contributed by atoms with E-state index in [-0.39, 0.29) is 23.3 Å². The van der Waals surface area contributed by atoms with Crippen LogP contribution in [0.3, 0.4) is 0 Å². The van der Waals surface area contributed by atoms with Gasteiger partial charge in [-0.15, -0.1) is 0 Å². The second-order valence-electron chi connectivity index (χ2n) is 7.85. The Labute approximate surface area is 208 Å². The Morgan fingerprint density at radius 1 is 0.865 bits per heavy atom. The summed E-state index contributed by atoms with van der Waals surface area (Å²) < 4.78 is 110. The molecule has 0 saturated heterocycles. The maximum absolute atomic E-state index is 13.0. The SMILES string of the molecule is CN(Cc1ccccc1)S(=O)(=O)c1ccc(OCC(=O)Nc2cc(C(F)(F)F)cc(C(F)(F)F)c2)cc1. The zero-order valence-corrected chi connectivity index (χ0v) is 19.9. The van der Waals surface area contributed by atoms with E-state index in [0.717, 1.165) is 9.87 Å². The number of carbonyl (C=O) groups is 1. The standard InChI is InChI=1S/C24H20F6N2O4S/c1-32(14-16-5-3-2-4-6-16)37(34,35)21-9-7-20(8-10-21)36-15-22(33)31-19-12-17(23(25,26)27)11-18(13-19)24(28,29)30/h2-13H,14-15H2,1H3,(H,31,33). The van der Waals surface area contributed by atoms with Gasteiger partial charge in [-0.2, -0.15) is 30.6 Å². The molecule has 1 N–H and O–H groups in total. The van der Waals surface area contributed by atoms with Crippen molar-refractivity contribution in [3.05, 3.63) is 89.5 Å². The van der Waals surface area contributed by atoms with E-state index in [1.807, 2.05) is 5.32 Å². The number of ether oxygens (including phenoxy) is 1. The van der Waals surface area contributed by atoms with Gasteiger partial charge in [0.1, 0.15) is 5.75 Å². The minimum absolute atomic E-state index is 0.0496. The van der Waals surface area contributed by atoms with E-state index in [9.17, 15) is 39.6 Å².